The maximum Gasteiger partial charge on any atom is 0.216 e. The van der Waals surface area contributed by atoms with Gasteiger partial charge in [0.1, 0.15) is 11.4 Å². The molecule has 1 aromatic carbocycles. The Morgan fingerprint density at radius 1 is 1.35 bits per heavy atom. The van der Waals surface area contributed by atoms with E-state index >= 15 is 0 Å². The first-order chi connectivity index (χ1) is 8.22. The van der Waals surface area contributed by atoms with Gasteiger partial charge in [0.15, 0.2) is 0 Å². The number of methoxy groups -OCH3 is 1. The molecule has 5 heteroatoms. The van der Waals surface area contributed by atoms with E-state index in [0.717, 1.165) is 4.47 Å². The molecule has 0 saturated heterocycles. The van der Waals surface area contributed by atoms with E-state index in [0.29, 0.717) is 17.0 Å². The van der Waals surface area contributed by atoms with Gasteiger partial charge in [0.25, 0.3) is 0 Å². The average molecular weight is 293 g/mol. The molecule has 0 unspecified atom stereocenters. The van der Waals surface area contributed by atoms with Crippen LogP contribution in [0.3, 0.4) is 0 Å². The number of rotatable bonds is 3. The lowest BCUT2D eigenvalue weighted by Gasteiger charge is -2.07. The second-order valence-corrected chi connectivity index (χ2v) is 4.18. The molecule has 0 aliphatic heterocycles. The molecule has 0 aliphatic rings. The largest absolute Gasteiger partial charge is 0.496 e. The summed E-state index contributed by atoms with van der Waals surface area (Å²) in [6.45, 7) is 0. The van der Waals surface area contributed by atoms with E-state index in [1.165, 1.54) is 25.7 Å². The van der Waals surface area contributed by atoms with Crippen LogP contribution in [0.25, 0.3) is 0 Å². The van der Waals surface area contributed by atoms with Crippen molar-refractivity contribution in [3.63, 3.8) is 0 Å². The molecule has 1 aromatic heterocycles. The minimum absolute atomic E-state index is 0.206. The number of hydrogen-bond donors (Lipinski definition) is 0. The van der Waals surface area contributed by atoms with Crippen LogP contribution in [0.2, 0.25) is 0 Å². The lowest BCUT2D eigenvalue weighted by atomic mass is 10.1. The van der Waals surface area contributed by atoms with Gasteiger partial charge in [0, 0.05) is 16.9 Å². The first-order valence-corrected chi connectivity index (χ1v) is 5.66. The Kier molecular flexibility index (Phi) is 3.49. The van der Waals surface area contributed by atoms with Crippen molar-refractivity contribution in [3.8, 4) is 5.75 Å². The summed E-state index contributed by atoms with van der Waals surface area (Å²) in [6, 6.07) is 5.22. The molecule has 0 fully saturated rings. The fraction of sp³-hybridized carbons (Fsp3) is 0.0833. The Labute approximate surface area is 107 Å². The van der Waals surface area contributed by atoms with Crippen LogP contribution in [-0.4, -0.2) is 22.9 Å². The van der Waals surface area contributed by atoms with Crippen molar-refractivity contribution in [1.82, 2.24) is 9.97 Å². The van der Waals surface area contributed by atoms with Crippen LogP contribution in [0.5, 0.6) is 5.75 Å². The van der Waals surface area contributed by atoms with Gasteiger partial charge in [-0.1, -0.05) is 15.9 Å². The van der Waals surface area contributed by atoms with Crippen LogP contribution in [-0.2, 0) is 0 Å². The number of benzene rings is 1. The number of hydrogen-bond acceptors (Lipinski definition) is 4. The smallest absolute Gasteiger partial charge is 0.216 e. The zero-order valence-corrected chi connectivity index (χ0v) is 10.6. The summed E-state index contributed by atoms with van der Waals surface area (Å²) in [4.78, 5) is 20.0. The van der Waals surface area contributed by atoms with Gasteiger partial charge in [-0.15, -0.1) is 0 Å². The summed E-state index contributed by atoms with van der Waals surface area (Å²) in [5.74, 6) is 0.303. The van der Waals surface area contributed by atoms with Gasteiger partial charge in [-0.25, -0.2) is 4.98 Å². The summed E-state index contributed by atoms with van der Waals surface area (Å²) >= 11 is 3.32. The van der Waals surface area contributed by atoms with E-state index in [2.05, 4.69) is 25.9 Å². The predicted octanol–water partition coefficient (Wildman–Crippen LogP) is 2.48. The van der Waals surface area contributed by atoms with Crippen LogP contribution in [0.15, 0.2) is 41.3 Å². The maximum atomic E-state index is 12.1. The number of halogens is 1. The molecule has 0 saturated carbocycles. The third-order valence-corrected chi connectivity index (χ3v) is 2.70. The molecule has 0 spiro atoms. The minimum Gasteiger partial charge on any atom is -0.496 e. The summed E-state index contributed by atoms with van der Waals surface area (Å²) in [5.41, 5.74) is 0.768. The van der Waals surface area contributed by atoms with Crippen molar-refractivity contribution in [2.24, 2.45) is 0 Å². The van der Waals surface area contributed by atoms with Crippen LogP contribution >= 0.6 is 15.9 Å². The summed E-state index contributed by atoms with van der Waals surface area (Å²) in [5, 5.41) is 0. The Bertz CT molecular complexity index is 543. The summed E-state index contributed by atoms with van der Waals surface area (Å²) in [7, 11) is 1.52. The van der Waals surface area contributed by atoms with Crippen LogP contribution in [0.1, 0.15) is 16.1 Å². The minimum atomic E-state index is -0.206. The molecule has 86 valence electrons. The monoisotopic (exact) mass is 292 g/mol. The highest BCUT2D eigenvalue weighted by Crippen LogP contribution is 2.25. The van der Waals surface area contributed by atoms with Crippen molar-refractivity contribution in [2.45, 2.75) is 0 Å². The Morgan fingerprint density at radius 3 is 2.82 bits per heavy atom. The Morgan fingerprint density at radius 2 is 2.18 bits per heavy atom. The standard InChI is InChI=1S/C12H9BrN2O2/c1-17-11-6-8(13)2-3-9(11)12(16)10-7-14-4-5-15-10/h2-7H,1H3. The zero-order valence-electron chi connectivity index (χ0n) is 9.05. The van der Waals surface area contributed by atoms with Gasteiger partial charge in [-0.2, -0.15) is 0 Å². The van der Waals surface area contributed by atoms with Crippen LogP contribution in [0.4, 0.5) is 0 Å². The first kappa shape index (κ1) is 11.7. The third kappa shape index (κ3) is 2.50. The van der Waals surface area contributed by atoms with E-state index < -0.39 is 0 Å². The average Bonchev–Trinajstić information content (AvgIpc) is 2.39. The van der Waals surface area contributed by atoms with Crippen molar-refractivity contribution >= 4 is 21.7 Å². The van der Waals surface area contributed by atoms with E-state index in [9.17, 15) is 4.79 Å². The topological polar surface area (TPSA) is 52.1 Å². The highest BCUT2D eigenvalue weighted by Gasteiger charge is 2.15. The zero-order chi connectivity index (χ0) is 12.3. The van der Waals surface area contributed by atoms with Gasteiger partial charge in [0.2, 0.25) is 5.78 Å². The molecule has 2 aromatic rings. The molecule has 0 N–H and O–H groups in total. The molecule has 0 radical (unpaired) electrons. The molecular weight excluding hydrogens is 284 g/mol. The molecule has 0 atom stereocenters. The van der Waals surface area contributed by atoms with Crippen molar-refractivity contribution < 1.29 is 9.53 Å². The Balaban J connectivity index is 2.44. The molecule has 4 nitrogen and oxygen atoms in total. The van der Waals surface area contributed by atoms with Crippen LogP contribution in [0, 0.1) is 0 Å². The van der Waals surface area contributed by atoms with E-state index in [1.807, 2.05) is 0 Å². The van der Waals surface area contributed by atoms with E-state index in [-0.39, 0.29) is 5.78 Å². The quantitative estimate of drug-likeness (QED) is 0.816. The van der Waals surface area contributed by atoms with Gasteiger partial charge in [-0.3, -0.25) is 9.78 Å². The molecule has 0 bridgehead atoms. The second-order valence-electron chi connectivity index (χ2n) is 3.26. The van der Waals surface area contributed by atoms with Crippen molar-refractivity contribution in [1.29, 1.82) is 0 Å². The number of ketones is 1. The van der Waals surface area contributed by atoms with E-state index in [1.54, 1.807) is 18.2 Å². The fourth-order valence-electron chi connectivity index (χ4n) is 1.41. The predicted molar refractivity (Wildman–Crippen MR) is 66.2 cm³/mol. The van der Waals surface area contributed by atoms with Gasteiger partial charge < -0.3 is 4.74 Å². The first-order valence-electron chi connectivity index (χ1n) is 4.86. The highest BCUT2D eigenvalue weighted by molar-refractivity contribution is 9.10. The normalized spacial score (nSPS) is 10.0. The Hall–Kier alpha value is -1.75. The maximum absolute atomic E-state index is 12.1. The molecule has 0 aliphatic carbocycles. The molecule has 1 heterocycles. The number of nitrogens with zero attached hydrogens (tertiary/aromatic N) is 2. The van der Waals surface area contributed by atoms with Crippen molar-refractivity contribution in [2.75, 3.05) is 7.11 Å². The second kappa shape index (κ2) is 5.05. The number of ether oxygens (including phenoxy) is 1. The van der Waals surface area contributed by atoms with Gasteiger partial charge in [0.05, 0.1) is 18.9 Å². The van der Waals surface area contributed by atoms with E-state index in [4.69, 9.17) is 4.74 Å². The number of aromatic nitrogens is 2. The van der Waals surface area contributed by atoms with Gasteiger partial charge in [-0.05, 0) is 18.2 Å². The summed E-state index contributed by atoms with van der Waals surface area (Å²) < 4.78 is 6.02. The molecule has 0 amide bonds. The number of carbonyl (C=O) groups excluding carboxylic acids is 1. The molecular formula is C12H9BrN2O2. The fourth-order valence-corrected chi connectivity index (χ4v) is 1.75. The summed E-state index contributed by atoms with van der Waals surface area (Å²) in [6.07, 6.45) is 4.44. The SMILES string of the molecule is COc1cc(Br)ccc1C(=O)c1cnccn1. The third-order valence-electron chi connectivity index (χ3n) is 2.20. The molecule has 2 rings (SSSR count). The van der Waals surface area contributed by atoms with Crippen LogP contribution < -0.4 is 4.74 Å². The lowest BCUT2D eigenvalue weighted by Crippen LogP contribution is -2.06. The highest BCUT2D eigenvalue weighted by atomic mass is 79.9. The molecule has 17 heavy (non-hydrogen) atoms. The van der Waals surface area contributed by atoms with Gasteiger partial charge >= 0.3 is 0 Å². The van der Waals surface area contributed by atoms with Crippen molar-refractivity contribution in [3.05, 3.63) is 52.5 Å². The lowest BCUT2D eigenvalue weighted by molar-refractivity contribution is 0.103. The number of carbonyl (C=O) groups is 1.